The number of hydrogen-bond donors (Lipinski definition) is 2. The summed E-state index contributed by atoms with van der Waals surface area (Å²) in [5.74, 6) is 0.588. The Balaban J connectivity index is 1.76. The van der Waals surface area contributed by atoms with Gasteiger partial charge in [0.15, 0.2) is 0 Å². The average molecular weight is 286 g/mol. The van der Waals surface area contributed by atoms with Crippen LogP contribution < -0.4 is 10.1 Å². The van der Waals surface area contributed by atoms with Gasteiger partial charge in [-0.1, -0.05) is 0 Å². The number of carbonyl (C=O) groups is 1. The zero-order valence-corrected chi connectivity index (χ0v) is 12.1. The predicted octanol–water partition coefficient (Wildman–Crippen LogP) is 1.89. The molecule has 5 heteroatoms. The molecule has 1 aromatic carbocycles. The van der Waals surface area contributed by atoms with Gasteiger partial charge < -0.3 is 15.2 Å². The van der Waals surface area contributed by atoms with Crippen LogP contribution in [-0.2, 0) is 0 Å². The minimum Gasteiger partial charge on any atom is -0.497 e. The second-order valence-corrected chi connectivity index (χ2v) is 5.86. The highest BCUT2D eigenvalue weighted by Crippen LogP contribution is 2.31. The van der Waals surface area contributed by atoms with Crippen molar-refractivity contribution in [2.24, 2.45) is 0 Å². The van der Waals surface area contributed by atoms with E-state index < -0.39 is 5.60 Å². The van der Waals surface area contributed by atoms with Gasteiger partial charge in [0, 0.05) is 23.7 Å². The molecular weight excluding hydrogens is 268 g/mol. The number of carbonyl (C=O) groups excluding carboxylic acids is 1. The SMILES string of the molecule is COc1ccc2cc(C(=O)N[C@H]3C[C@](C)(O)C3)cnc2c1. The van der Waals surface area contributed by atoms with Crippen molar-refractivity contribution < 1.29 is 14.6 Å². The molecule has 1 aliphatic carbocycles. The maximum absolute atomic E-state index is 12.2. The van der Waals surface area contributed by atoms with E-state index in [1.807, 2.05) is 24.3 Å². The van der Waals surface area contributed by atoms with E-state index in [1.165, 1.54) is 0 Å². The number of methoxy groups -OCH3 is 1. The third-order valence-corrected chi connectivity index (χ3v) is 3.86. The van der Waals surface area contributed by atoms with E-state index >= 15 is 0 Å². The van der Waals surface area contributed by atoms with Crippen LogP contribution in [0.15, 0.2) is 30.5 Å². The molecule has 110 valence electrons. The largest absolute Gasteiger partial charge is 0.497 e. The van der Waals surface area contributed by atoms with Gasteiger partial charge in [0.2, 0.25) is 0 Å². The number of nitrogens with one attached hydrogen (secondary N) is 1. The van der Waals surface area contributed by atoms with Gasteiger partial charge in [-0.15, -0.1) is 0 Å². The third kappa shape index (κ3) is 2.83. The standard InChI is InChI=1S/C16H18N2O3/c1-16(20)7-12(8-16)18-15(19)11-5-10-3-4-13(21-2)6-14(10)17-9-11/h3-6,9,12,20H,7-8H2,1-2H3,(H,18,19)/t12-,16-. The fourth-order valence-corrected chi connectivity index (χ4v) is 2.73. The molecule has 0 bridgehead atoms. The highest BCUT2D eigenvalue weighted by Gasteiger charge is 2.39. The fourth-order valence-electron chi connectivity index (χ4n) is 2.73. The Morgan fingerprint density at radius 1 is 1.43 bits per heavy atom. The summed E-state index contributed by atoms with van der Waals surface area (Å²) in [5, 5.41) is 13.5. The van der Waals surface area contributed by atoms with E-state index in [9.17, 15) is 9.90 Å². The van der Waals surface area contributed by atoms with Gasteiger partial charge >= 0.3 is 0 Å². The third-order valence-electron chi connectivity index (χ3n) is 3.86. The van der Waals surface area contributed by atoms with E-state index in [1.54, 1.807) is 20.2 Å². The molecule has 5 nitrogen and oxygen atoms in total. The first-order valence-electron chi connectivity index (χ1n) is 6.94. The molecule has 1 fully saturated rings. The first kappa shape index (κ1) is 13.8. The number of fused-ring (bicyclic) bond motifs is 1. The molecule has 0 atom stereocenters. The molecule has 1 aliphatic rings. The summed E-state index contributed by atoms with van der Waals surface area (Å²) in [7, 11) is 1.61. The van der Waals surface area contributed by atoms with Crippen LogP contribution in [0, 0.1) is 0 Å². The molecule has 0 spiro atoms. The van der Waals surface area contributed by atoms with Crippen molar-refractivity contribution in [3.05, 3.63) is 36.0 Å². The molecule has 0 radical (unpaired) electrons. The Morgan fingerprint density at radius 2 is 2.19 bits per heavy atom. The van der Waals surface area contributed by atoms with E-state index in [2.05, 4.69) is 10.3 Å². The van der Waals surface area contributed by atoms with Gasteiger partial charge in [-0.05, 0) is 38.0 Å². The molecule has 0 unspecified atom stereocenters. The topological polar surface area (TPSA) is 71.5 Å². The minimum absolute atomic E-state index is 0.0408. The Labute approximate surface area is 123 Å². The van der Waals surface area contributed by atoms with Gasteiger partial charge in [-0.25, -0.2) is 0 Å². The lowest BCUT2D eigenvalue weighted by atomic mass is 9.77. The molecule has 3 rings (SSSR count). The summed E-state index contributed by atoms with van der Waals surface area (Å²) in [6.07, 6.45) is 2.75. The molecule has 2 N–H and O–H groups in total. The van der Waals surface area contributed by atoms with E-state index in [-0.39, 0.29) is 11.9 Å². The lowest BCUT2D eigenvalue weighted by molar-refractivity contribution is -0.0366. The van der Waals surface area contributed by atoms with Gasteiger partial charge in [0.25, 0.3) is 5.91 Å². The van der Waals surface area contributed by atoms with Crippen molar-refractivity contribution in [3.8, 4) is 5.75 Å². The van der Waals surface area contributed by atoms with Crippen LogP contribution in [0.3, 0.4) is 0 Å². The van der Waals surface area contributed by atoms with Gasteiger partial charge in [-0.3, -0.25) is 9.78 Å². The summed E-state index contributed by atoms with van der Waals surface area (Å²) in [4.78, 5) is 16.5. The predicted molar refractivity (Wildman–Crippen MR) is 79.4 cm³/mol. The number of ether oxygens (including phenoxy) is 1. The Bertz CT molecular complexity index is 689. The first-order chi connectivity index (χ1) is 9.97. The summed E-state index contributed by atoms with van der Waals surface area (Å²) in [5.41, 5.74) is 0.674. The number of aliphatic hydroxyl groups is 1. The van der Waals surface area contributed by atoms with Gasteiger partial charge in [0.05, 0.1) is 23.8 Å². The number of amides is 1. The number of pyridine rings is 1. The smallest absolute Gasteiger partial charge is 0.253 e. The van der Waals surface area contributed by atoms with Crippen LogP contribution in [-0.4, -0.2) is 34.8 Å². The normalized spacial score (nSPS) is 24.4. The van der Waals surface area contributed by atoms with Crippen molar-refractivity contribution >= 4 is 16.8 Å². The zero-order valence-electron chi connectivity index (χ0n) is 12.1. The first-order valence-corrected chi connectivity index (χ1v) is 6.94. The summed E-state index contributed by atoms with van der Waals surface area (Å²) >= 11 is 0. The minimum atomic E-state index is -0.643. The number of benzene rings is 1. The van der Waals surface area contributed by atoms with E-state index in [4.69, 9.17) is 4.74 Å². The van der Waals surface area contributed by atoms with Crippen molar-refractivity contribution in [1.82, 2.24) is 10.3 Å². The average Bonchev–Trinajstić information content (AvgIpc) is 2.44. The molecule has 21 heavy (non-hydrogen) atoms. The zero-order chi connectivity index (χ0) is 15.0. The second-order valence-electron chi connectivity index (χ2n) is 5.86. The number of aromatic nitrogens is 1. The van der Waals surface area contributed by atoms with Crippen LogP contribution in [0.4, 0.5) is 0 Å². The van der Waals surface area contributed by atoms with E-state index in [0.717, 1.165) is 16.7 Å². The Morgan fingerprint density at radius 3 is 2.86 bits per heavy atom. The molecular formula is C16H18N2O3. The molecule has 1 saturated carbocycles. The summed E-state index contributed by atoms with van der Waals surface area (Å²) in [6, 6.07) is 7.41. The van der Waals surface area contributed by atoms with Crippen LogP contribution >= 0.6 is 0 Å². The molecule has 1 aromatic heterocycles. The molecule has 1 heterocycles. The highest BCUT2D eigenvalue weighted by molar-refractivity contribution is 5.97. The molecule has 2 aromatic rings. The highest BCUT2D eigenvalue weighted by atomic mass is 16.5. The molecule has 0 saturated heterocycles. The maximum Gasteiger partial charge on any atom is 0.253 e. The van der Waals surface area contributed by atoms with Crippen molar-refractivity contribution in [1.29, 1.82) is 0 Å². The summed E-state index contributed by atoms with van der Waals surface area (Å²) < 4.78 is 5.15. The van der Waals surface area contributed by atoms with Crippen molar-refractivity contribution in [2.45, 2.75) is 31.4 Å². The lowest BCUT2D eigenvalue weighted by Gasteiger charge is -2.41. The van der Waals surface area contributed by atoms with Crippen LogP contribution in [0.2, 0.25) is 0 Å². The fraction of sp³-hybridized carbons (Fsp3) is 0.375. The number of rotatable bonds is 3. The van der Waals surface area contributed by atoms with Crippen molar-refractivity contribution in [3.63, 3.8) is 0 Å². The van der Waals surface area contributed by atoms with Crippen molar-refractivity contribution in [2.75, 3.05) is 7.11 Å². The lowest BCUT2D eigenvalue weighted by Crippen LogP contribution is -2.53. The Kier molecular flexibility index (Phi) is 3.29. The van der Waals surface area contributed by atoms with Gasteiger partial charge in [0.1, 0.15) is 5.75 Å². The molecule has 0 aliphatic heterocycles. The second kappa shape index (κ2) is 5.00. The van der Waals surface area contributed by atoms with Crippen LogP contribution in [0.25, 0.3) is 10.9 Å². The summed E-state index contributed by atoms with van der Waals surface area (Å²) in [6.45, 7) is 1.78. The quantitative estimate of drug-likeness (QED) is 0.904. The monoisotopic (exact) mass is 286 g/mol. The van der Waals surface area contributed by atoms with Crippen LogP contribution in [0.5, 0.6) is 5.75 Å². The molecule has 1 amide bonds. The van der Waals surface area contributed by atoms with Gasteiger partial charge in [-0.2, -0.15) is 0 Å². The van der Waals surface area contributed by atoms with E-state index in [0.29, 0.717) is 18.4 Å². The van der Waals surface area contributed by atoms with Crippen LogP contribution in [0.1, 0.15) is 30.1 Å². The Hall–Kier alpha value is -2.14. The maximum atomic E-state index is 12.2. The number of hydrogen-bond acceptors (Lipinski definition) is 4. The number of nitrogens with zero attached hydrogens (tertiary/aromatic N) is 1.